The summed E-state index contributed by atoms with van der Waals surface area (Å²) in [5.41, 5.74) is 0.582. The molecule has 1 fully saturated rings. The number of pyridine rings is 1. The highest BCUT2D eigenvalue weighted by Gasteiger charge is 2.22. The third kappa shape index (κ3) is 4.03. The first kappa shape index (κ1) is 17.5. The number of rotatable bonds is 5. The number of methoxy groups -OCH3 is 1. The van der Waals surface area contributed by atoms with Crippen molar-refractivity contribution in [1.82, 2.24) is 9.88 Å². The van der Waals surface area contributed by atoms with Crippen molar-refractivity contribution in [2.75, 3.05) is 44.8 Å². The molecule has 7 heteroatoms. The topological polar surface area (TPSA) is 78.7 Å². The summed E-state index contributed by atoms with van der Waals surface area (Å²) in [4.78, 5) is 20.6. The second-order valence-corrected chi connectivity index (χ2v) is 5.82. The SMILES string of the molecule is COc1ccccc1OCC(=O)N1CCN(c2cc(C#N)ccn2)CC1. The lowest BCUT2D eigenvalue weighted by Crippen LogP contribution is -2.50. The smallest absolute Gasteiger partial charge is 0.260 e. The summed E-state index contributed by atoms with van der Waals surface area (Å²) in [6, 6.07) is 12.8. The molecule has 2 heterocycles. The fraction of sp³-hybridized carbons (Fsp3) is 0.316. The highest BCUT2D eigenvalue weighted by molar-refractivity contribution is 5.78. The lowest BCUT2D eigenvalue weighted by Gasteiger charge is -2.35. The Labute approximate surface area is 152 Å². The predicted molar refractivity (Wildman–Crippen MR) is 96.2 cm³/mol. The number of hydrogen-bond acceptors (Lipinski definition) is 6. The van der Waals surface area contributed by atoms with Gasteiger partial charge in [0, 0.05) is 32.4 Å². The molecule has 7 nitrogen and oxygen atoms in total. The summed E-state index contributed by atoms with van der Waals surface area (Å²) in [6.45, 7) is 2.49. The minimum absolute atomic E-state index is 0.0253. The first-order chi connectivity index (χ1) is 12.7. The van der Waals surface area contributed by atoms with Crippen LogP contribution in [0.2, 0.25) is 0 Å². The summed E-state index contributed by atoms with van der Waals surface area (Å²) in [7, 11) is 1.57. The first-order valence-corrected chi connectivity index (χ1v) is 8.36. The molecule has 1 saturated heterocycles. The van der Waals surface area contributed by atoms with Crippen LogP contribution in [0.3, 0.4) is 0 Å². The van der Waals surface area contributed by atoms with E-state index in [4.69, 9.17) is 14.7 Å². The number of ether oxygens (including phenoxy) is 2. The normalized spacial score (nSPS) is 13.8. The third-order valence-corrected chi connectivity index (χ3v) is 4.25. The first-order valence-electron chi connectivity index (χ1n) is 8.36. The Morgan fingerprint density at radius 1 is 1.19 bits per heavy atom. The van der Waals surface area contributed by atoms with E-state index in [1.807, 2.05) is 12.1 Å². The van der Waals surface area contributed by atoms with Crippen LogP contribution in [0.1, 0.15) is 5.56 Å². The molecule has 1 amide bonds. The number of aromatic nitrogens is 1. The van der Waals surface area contributed by atoms with Gasteiger partial charge in [0.2, 0.25) is 0 Å². The zero-order valence-corrected chi connectivity index (χ0v) is 14.6. The molecule has 1 aromatic heterocycles. The molecular formula is C19H20N4O3. The molecule has 0 radical (unpaired) electrons. The lowest BCUT2D eigenvalue weighted by atomic mass is 10.2. The van der Waals surface area contributed by atoms with E-state index < -0.39 is 0 Å². The predicted octanol–water partition coefficient (Wildman–Crippen LogP) is 1.69. The van der Waals surface area contributed by atoms with Crippen LogP contribution >= 0.6 is 0 Å². The molecule has 26 heavy (non-hydrogen) atoms. The van der Waals surface area contributed by atoms with E-state index in [1.165, 1.54) is 0 Å². The van der Waals surface area contributed by atoms with Gasteiger partial charge in [0.25, 0.3) is 5.91 Å². The maximum Gasteiger partial charge on any atom is 0.260 e. The van der Waals surface area contributed by atoms with Crippen molar-refractivity contribution in [3.8, 4) is 17.6 Å². The van der Waals surface area contributed by atoms with Gasteiger partial charge in [-0.3, -0.25) is 4.79 Å². The molecule has 0 spiro atoms. The summed E-state index contributed by atoms with van der Waals surface area (Å²) < 4.78 is 10.8. The van der Waals surface area contributed by atoms with Crippen molar-refractivity contribution < 1.29 is 14.3 Å². The van der Waals surface area contributed by atoms with Crippen LogP contribution in [0, 0.1) is 11.3 Å². The van der Waals surface area contributed by atoms with Gasteiger partial charge in [-0.1, -0.05) is 12.1 Å². The monoisotopic (exact) mass is 352 g/mol. The Kier molecular flexibility index (Phi) is 5.54. The largest absolute Gasteiger partial charge is 0.493 e. The Morgan fingerprint density at radius 2 is 1.92 bits per heavy atom. The maximum absolute atomic E-state index is 12.4. The van der Waals surface area contributed by atoms with Crippen molar-refractivity contribution in [2.45, 2.75) is 0 Å². The Hall–Kier alpha value is -3.27. The Bertz CT molecular complexity index is 810. The van der Waals surface area contributed by atoms with Crippen LogP contribution in [0.5, 0.6) is 11.5 Å². The van der Waals surface area contributed by atoms with Gasteiger partial charge in [0.15, 0.2) is 18.1 Å². The highest BCUT2D eigenvalue weighted by Crippen LogP contribution is 2.25. The molecule has 3 rings (SSSR count). The number of amides is 1. The Balaban J connectivity index is 1.53. The van der Waals surface area contributed by atoms with Crippen molar-refractivity contribution in [3.63, 3.8) is 0 Å². The van der Waals surface area contributed by atoms with Crippen LogP contribution in [-0.2, 0) is 4.79 Å². The van der Waals surface area contributed by atoms with Crippen molar-refractivity contribution >= 4 is 11.7 Å². The fourth-order valence-corrected chi connectivity index (χ4v) is 2.81. The average molecular weight is 352 g/mol. The molecule has 2 aromatic rings. The minimum Gasteiger partial charge on any atom is -0.493 e. The number of nitrogens with zero attached hydrogens (tertiary/aromatic N) is 4. The quantitative estimate of drug-likeness (QED) is 0.815. The van der Waals surface area contributed by atoms with Crippen LogP contribution in [0.25, 0.3) is 0 Å². The van der Waals surface area contributed by atoms with Crippen LogP contribution in [0.4, 0.5) is 5.82 Å². The van der Waals surface area contributed by atoms with E-state index >= 15 is 0 Å². The molecule has 0 aliphatic carbocycles. The van der Waals surface area contributed by atoms with E-state index in [-0.39, 0.29) is 12.5 Å². The number of para-hydroxylation sites is 2. The molecule has 1 aliphatic rings. The number of hydrogen-bond donors (Lipinski definition) is 0. The van der Waals surface area contributed by atoms with Gasteiger partial charge in [-0.25, -0.2) is 4.98 Å². The maximum atomic E-state index is 12.4. The lowest BCUT2D eigenvalue weighted by molar-refractivity contribution is -0.133. The summed E-state index contributed by atoms with van der Waals surface area (Å²) >= 11 is 0. The minimum atomic E-state index is -0.0608. The standard InChI is InChI=1S/C19H20N4O3/c1-25-16-4-2-3-5-17(16)26-14-19(24)23-10-8-22(9-11-23)18-12-15(13-20)6-7-21-18/h2-7,12H,8-11,14H2,1H3. The van der Waals surface area contributed by atoms with E-state index in [1.54, 1.807) is 42.5 Å². The van der Waals surface area contributed by atoms with E-state index in [9.17, 15) is 4.79 Å². The van der Waals surface area contributed by atoms with Crippen molar-refractivity contribution in [3.05, 3.63) is 48.2 Å². The number of benzene rings is 1. The van der Waals surface area contributed by atoms with Gasteiger partial charge in [-0.2, -0.15) is 5.26 Å². The summed E-state index contributed by atoms with van der Waals surface area (Å²) in [6.07, 6.45) is 1.63. The molecule has 0 saturated carbocycles. The zero-order chi connectivity index (χ0) is 18.4. The van der Waals surface area contributed by atoms with Crippen LogP contribution in [0.15, 0.2) is 42.6 Å². The van der Waals surface area contributed by atoms with E-state index in [0.29, 0.717) is 43.2 Å². The number of anilines is 1. The van der Waals surface area contributed by atoms with E-state index in [2.05, 4.69) is 16.0 Å². The molecule has 134 valence electrons. The fourth-order valence-electron chi connectivity index (χ4n) is 2.81. The Morgan fingerprint density at radius 3 is 2.62 bits per heavy atom. The molecule has 0 atom stereocenters. The molecule has 0 bridgehead atoms. The molecule has 1 aromatic carbocycles. The average Bonchev–Trinajstić information content (AvgIpc) is 2.72. The molecule has 0 N–H and O–H groups in total. The van der Waals surface area contributed by atoms with E-state index in [0.717, 1.165) is 5.82 Å². The molecule has 0 unspecified atom stereocenters. The van der Waals surface area contributed by atoms with Gasteiger partial charge in [0.1, 0.15) is 5.82 Å². The van der Waals surface area contributed by atoms with Gasteiger partial charge in [-0.05, 0) is 24.3 Å². The number of nitriles is 1. The number of carbonyl (C=O) groups is 1. The van der Waals surface area contributed by atoms with Crippen molar-refractivity contribution in [1.29, 1.82) is 5.26 Å². The van der Waals surface area contributed by atoms with Gasteiger partial charge >= 0.3 is 0 Å². The molecular weight excluding hydrogens is 332 g/mol. The van der Waals surface area contributed by atoms with Crippen LogP contribution in [-0.4, -0.2) is 55.7 Å². The second-order valence-electron chi connectivity index (χ2n) is 5.82. The highest BCUT2D eigenvalue weighted by atomic mass is 16.5. The number of piperazine rings is 1. The van der Waals surface area contributed by atoms with Crippen LogP contribution < -0.4 is 14.4 Å². The molecule has 1 aliphatic heterocycles. The second kappa shape index (κ2) is 8.21. The van der Waals surface area contributed by atoms with Gasteiger partial charge < -0.3 is 19.3 Å². The van der Waals surface area contributed by atoms with Gasteiger partial charge in [0.05, 0.1) is 18.7 Å². The van der Waals surface area contributed by atoms with Crippen molar-refractivity contribution in [2.24, 2.45) is 0 Å². The zero-order valence-electron chi connectivity index (χ0n) is 14.6. The van der Waals surface area contributed by atoms with Gasteiger partial charge in [-0.15, -0.1) is 0 Å². The summed E-state index contributed by atoms with van der Waals surface area (Å²) in [5, 5.41) is 8.99. The third-order valence-electron chi connectivity index (χ3n) is 4.25. The summed E-state index contributed by atoms with van der Waals surface area (Å²) in [5.74, 6) is 1.86. The number of carbonyl (C=O) groups excluding carboxylic acids is 1.